The summed E-state index contributed by atoms with van der Waals surface area (Å²) >= 11 is 0. The van der Waals surface area contributed by atoms with Gasteiger partial charge in [0.15, 0.2) is 5.82 Å². The summed E-state index contributed by atoms with van der Waals surface area (Å²) in [5, 5.41) is 8.19. The summed E-state index contributed by atoms with van der Waals surface area (Å²) in [7, 11) is 0. The molecule has 0 saturated carbocycles. The lowest BCUT2D eigenvalue weighted by Crippen LogP contribution is -2.44. The summed E-state index contributed by atoms with van der Waals surface area (Å²) in [6, 6.07) is 7.84. The van der Waals surface area contributed by atoms with E-state index in [0.717, 1.165) is 22.9 Å². The van der Waals surface area contributed by atoms with E-state index in [1.54, 1.807) is 9.80 Å². The Morgan fingerprint density at radius 2 is 1.84 bits per heavy atom. The summed E-state index contributed by atoms with van der Waals surface area (Å²) < 4.78 is 2.03. The van der Waals surface area contributed by atoms with Crippen molar-refractivity contribution < 1.29 is 9.59 Å². The standard InChI is InChI=1S/C18H21N5O2/c1-12-3-5-14(6-4-12)23-8-7-15(18(23)25)17(24)21-9-10-22-13(2)19-20-16(22)11-21/h3-6,15H,7-11H2,1-2H3. The predicted octanol–water partition coefficient (Wildman–Crippen LogP) is 1.29. The van der Waals surface area contributed by atoms with Crippen molar-refractivity contribution in [2.24, 2.45) is 5.92 Å². The summed E-state index contributed by atoms with van der Waals surface area (Å²) in [5.41, 5.74) is 2.01. The van der Waals surface area contributed by atoms with Gasteiger partial charge in [-0.15, -0.1) is 10.2 Å². The van der Waals surface area contributed by atoms with E-state index in [0.29, 0.717) is 32.6 Å². The number of carbonyl (C=O) groups is 2. The first-order chi connectivity index (χ1) is 12.0. The summed E-state index contributed by atoms with van der Waals surface area (Å²) in [5.74, 6) is 0.878. The van der Waals surface area contributed by atoms with Gasteiger partial charge in [0, 0.05) is 25.3 Å². The predicted molar refractivity (Wildman–Crippen MR) is 91.8 cm³/mol. The number of anilines is 1. The van der Waals surface area contributed by atoms with Crippen LogP contribution >= 0.6 is 0 Å². The van der Waals surface area contributed by atoms with Crippen molar-refractivity contribution in [2.45, 2.75) is 33.4 Å². The molecule has 0 radical (unpaired) electrons. The molecule has 1 aromatic heterocycles. The van der Waals surface area contributed by atoms with E-state index in [2.05, 4.69) is 10.2 Å². The van der Waals surface area contributed by atoms with Crippen LogP contribution in [0, 0.1) is 19.8 Å². The lowest BCUT2D eigenvalue weighted by Gasteiger charge is -2.29. The quantitative estimate of drug-likeness (QED) is 0.773. The van der Waals surface area contributed by atoms with Crippen LogP contribution in [-0.2, 0) is 22.7 Å². The fraction of sp³-hybridized carbons (Fsp3) is 0.444. The highest BCUT2D eigenvalue weighted by Crippen LogP contribution is 2.27. The van der Waals surface area contributed by atoms with Crippen LogP contribution in [0.3, 0.4) is 0 Å². The number of hydrogen-bond acceptors (Lipinski definition) is 4. The Balaban J connectivity index is 1.48. The molecule has 2 amide bonds. The Morgan fingerprint density at radius 1 is 1.08 bits per heavy atom. The largest absolute Gasteiger partial charge is 0.333 e. The smallest absolute Gasteiger partial charge is 0.239 e. The monoisotopic (exact) mass is 339 g/mol. The molecule has 1 unspecified atom stereocenters. The topological polar surface area (TPSA) is 71.3 Å². The van der Waals surface area contributed by atoms with E-state index in [1.165, 1.54) is 0 Å². The lowest BCUT2D eigenvalue weighted by atomic mass is 10.1. The van der Waals surface area contributed by atoms with Gasteiger partial charge in [-0.25, -0.2) is 0 Å². The molecule has 2 aliphatic heterocycles. The normalized spacial score (nSPS) is 20.1. The molecule has 1 saturated heterocycles. The third-order valence-electron chi connectivity index (χ3n) is 5.10. The minimum atomic E-state index is -0.586. The summed E-state index contributed by atoms with van der Waals surface area (Å²) in [6.45, 7) is 6.21. The number of rotatable bonds is 2. The molecule has 7 heteroatoms. The Morgan fingerprint density at radius 3 is 2.60 bits per heavy atom. The van der Waals surface area contributed by atoms with E-state index in [9.17, 15) is 9.59 Å². The molecule has 130 valence electrons. The second-order valence-electron chi connectivity index (χ2n) is 6.74. The Bertz CT molecular complexity index is 826. The summed E-state index contributed by atoms with van der Waals surface area (Å²) in [4.78, 5) is 29.1. The summed E-state index contributed by atoms with van der Waals surface area (Å²) in [6.07, 6.45) is 0.563. The van der Waals surface area contributed by atoms with Crippen molar-refractivity contribution in [3.8, 4) is 0 Å². The van der Waals surface area contributed by atoms with Gasteiger partial charge in [0.1, 0.15) is 11.7 Å². The number of carbonyl (C=O) groups excluding carboxylic acids is 2. The van der Waals surface area contributed by atoms with E-state index >= 15 is 0 Å². The van der Waals surface area contributed by atoms with Crippen LogP contribution in [0.25, 0.3) is 0 Å². The van der Waals surface area contributed by atoms with E-state index in [-0.39, 0.29) is 11.8 Å². The van der Waals surface area contributed by atoms with E-state index in [1.807, 2.05) is 42.7 Å². The zero-order chi connectivity index (χ0) is 17.6. The molecule has 0 bridgehead atoms. The number of benzene rings is 1. The molecular weight excluding hydrogens is 318 g/mol. The van der Waals surface area contributed by atoms with Crippen molar-refractivity contribution >= 4 is 17.5 Å². The molecule has 2 aromatic rings. The van der Waals surface area contributed by atoms with Crippen LogP contribution in [0.5, 0.6) is 0 Å². The van der Waals surface area contributed by atoms with Crippen molar-refractivity contribution in [2.75, 3.05) is 18.0 Å². The number of hydrogen-bond donors (Lipinski definition) is 0. The molecule has 2 aliphatic rings. The second-order valence-corrected chi connectivity index (χ2v) is 6.74. The van der Waals surface area contributed by atoms with Crippen LogP contribution in [0.1, 0.15) is 23.6 Å². The number of aryl methyl sites for hydroxylation is 2. The molecule has 4 rings (SSSR count). The van der Waals surface area contributed by atoms with Gasteiger partial charge in [0.2, 0.25) is 11.8 Å². The van der Waals surface area contributed by atoms with Crippen LogP contribution < -0.4 is 4.90 Å². The minimum absolute atomic E-state index is 0.0912. The zero-order valence-corrected chi connectivity index (χ0v) is 14.5. The molecule has 1 fully saturated rings. The van der Waals surface area contributed by atoms with Gasteiger partial charge in [0.05, 0.1) is 6.54 Å². The van der Waals surface area contributed by atoms with E-state index < -0.39 is 5.92 Å². The van der Waals surface area contributed by atoms with Gasteiger partial charge in [-0.2, -0.15) is 0 Å². The van der Waals surface area contributed by atoms with Crippen molar-refractivity contribution in [3.05, 3.63) is 41.5 Å². The first-order valence-corrected chi connectivity index (χ1v) is 8.60. The second kappa shape index (κ2) is 5.98. The first-order valence-electron chi connectivity index (χ1n) is 8.60. The molecule has 0 aliphatic carbocycles. The number of amides is 2. The Labute approximate surface area is 146 Å². The van der Waals surface area contributed by atoms with Crippen molar-refractivity contribution in [1.29, 1.82) is 0 Å². The van der Waals surface area contributed by atoms with Gasteiger partial charge in [-0.3, -0.25) is 9.59 Å². The van der Waals surface area contributed by atoms with Gasteiger partial charge < -0.3 is 14.4 Å². The van der Waals surface area contributed by atoms with Crippen LogP contribution in [0.4, 0.5) is 5.69 Å². The maximum absolute atomic E-state index is 12.9. The maximum Gasteiger partial charge on any atom is 0.239 e. The average molecular weight is 339 g/mol. The molecule has 0 N–H and O–H groups in total. The Hall–Kier alpha value is -2.70. The fourth-order valence-corrected chi connectivity index (χ4v) is 3.60. The zero-order valence-electron chi connectivity index (χ0n) is 14.5. The highest BCUT2D eigenvalue weighted by molar-refractivity contribution is 6.09. The highest BCUT2D eigenvalue weighted by Gasteiger charge is 2.40. The number of fused-ring (bicyclic) bond motifs is 1. The molecule has 1 atom stereocenters. The van der Waals surface area contributed by atoms with Crippen LogP contribution in [0.15, 0.2) is 24.3 Å². The molecule has 7 nitrogen and oxygen atoms in total. The minimum Gasteiger partial charge on any atom is -0.333 e. The average Bonchev–Trinajstić information content (AvgIpc) is 3.18. The molecule has 3 heterocycles. The highest BCUT2D eigenvalue weighted by atomic mass is 16.2. The van der Waals surface area contributed by atoms with Gasteiger partial charge >= 0.3 is 0 Å². The van der Waals surface area contributed by atoms with Crippen molar-refractivity contribution in [1.82, 2.24) is 19.7 Å². The lowest BCUT2D eigenvalue weighted by molar-refractivity contribution is -0.141. The third kappa shape index (κ3) is 2.69. The SMILES string of the molecule is Cc1ccc(N2CCC(C(=O)N3CCn4c(C)nnc4C3)C2=O)cc1. The van der Waals surface area contributed by atoms with Gasteiger partial charge in [-0.05, 0) is 32.4 Å². The molecule has 0 spiro atoms. The maximum atomic E-state index is 12.9. The Kier molecular flexibility index (Phi) is 3.78. The molecule has 1 aromatic carbocycles. The fourth-order valence-electron chi connectivity index (χ4n) is 3.60. The van der Waals surface area contributed by atoms with E-state index in [4.69, 9.17) is 0 Å². The molecule has 25 heavy (non-hydrogen) atoms. The molecular formula is C18H21N5O2. The van der Waals surface area contributed by atoms with Gasteiger partial charge in [-0.1, -0.05) is 17.7 Å². The third-order valence-corrected chi connectivity index (χ3v) is 5.10. The number of aromatic nitrogens is 3. The number of nitrogens with zero attached hydrogens (tertiary/aromatic N) is 5. The van der Waals surface area contributed by atoms with Gasteiger partial charge in [0.25, 0.3) is 0 Å². The first kappa shape index (κ1) is 15.8. The van der Waals surface area contributed by atoms with Crippen LogP contribution in [0.2, 0.25) is 0 Å². The van der Waals surface area contributed by atoms with Crippen LogP contribution in [-0.4, -0.2) is 44.6 Å². The van der Waals surface area contributed by atoms with Crippen molar-refractivity contribution in [3.63, 3.8) is 0 Å².